The molecule has 2 N–H and O–H groups in total. The fraction of sp³-hybridized carbons (Fsp3) is 0.321. The van der Waals surface area contributed by atoms with Crippen molar-refractivity contribution in [1.82, 2.24) is 0 Å². The van der Waals surface area contributed by atoms with E-state index in [9.17, 15) is 9.90 Å². The lowest BCUT2D eigenvalue weighted by molar-refractivity contribution is -0.118. The van der Waals surface area contributed by atoms with Crippen molar-refractivity contribution in [2.24, 2.45) is 5.41 Å². The van der Waals surface area contributed by atoms with Crippen molar-refractivity contribution in [3.8, 4) is 11.5 Å². The van der Waals surface area contributed by atoms with Crippen LogP contribution in [0.25, 0.3) is 10.8 Å². The molecule has 0 aromatic heterocycles. The van der Waals surface area contributed by atoms with Gasteiger partial charge in [0, 0.05) is 29.3 Å². The zero-order chi connectivity index (χ0) is 22.6. The standard InChI is InChI=1S/C28H29NO3/c1-5-32-23-13-18(12-16(2)27(23)31)24-25-19-9-7-6-8-17(19)10-11-20(25)29-21-14-28(3,4)15-22(30)26(21)24/h6-13,24,29,31H,5,14-15H2,1-4H3. The highest BCUT2D eigenvalue weighted by Crippen LogP contribution is 2.51. The summed E-state index contributed by atoms with van der Waals surface area (Å²) in [6.07, 6.45) is 1.35. The van der Waals surface area contributed by atoms with Crippen molar-refractivity contribution in [2.45, 2.75) is 46.5 Å². The van der Waals surface area contributed by atoms with Gasteiger partial charge in [0.15, 0.2) is 17.3 Å². The van der Waals surface area contributed by atoms with Gasteiger partial charge in [-0.3, -0.25) is 4.79 Å². The van der Waals surface area contributed by atoms with Crippen molar-refractivity contribution in [1.29, 1.82) is 0 Å². The molecule has 0 bridgehead atoms. The van der Waals surface area contributed by atoms with Gasteiger partial charge in [0.25, 0.3) is 0 Å². The molecular formula is C28H29NO3. The molecule has 0 radical (unpaired) electrons. The lowest BCUT2D eigenvalue weighted by atomic mass is 9.68. The van der Waals surface area contributed by atoms with E-state index in [0.717, 1.165) is 50.8 Å². The van der Waals surface area contributed by atoms with Crippen LogP contribution in [0.5, 0.6) is 11.5 Å². The average molecular weight is 428 g/mol. The van der Waals surface area contributed by atoms with Gasteiger partial charge in [-0.1, -0.05) is 50.2 Å². The largest absolute Gasteiger partial charge is 0.504 e. The summed E-state index contributed by atoms with van der Waals surface area (Å²) in [6, 6.07) is 16.5. The Morgan fingerprint density at radius 1 is 1.12 bits per heavy atom. The minimum absolute atomic E-state index is 0.0802. The molecule has 0 saturated carbocycles. The molecule has 0 amide bonds. The Morgan fingerprint density at radius 3 is 2.69 bits per heavy atom. The number of phenolic OH excluding ortho intramolecular Hbond substituents is 1. The number of aryl methyl sites for hydroxylation is 1. The van der Waals surface area contributed by atoms with E-state index in [2.05, 4.69) is 43.4 Å². The molecule has 2 aliphatic rings. The number of ether oxygens (including phenoxy) is 1. The summed E-state index contributed by atoms with van der Waals surface area (Å²) in [4.78, 5) is 13.6. The number of hydrogen-bond donors (Lipinski definition) is 2. The van der Waals surface area contributed by atoms with Crippen molar-refractivity contribution in [3.63, 3.8) is 0 Å². The van der Waals surface area contributed by atoms with Gasteiger partial charge in [-0.25, -0.2) is 0 Å². The van der Waals surface area contributed by atoms with Gasteiger partial charge in [-0.15, -0.1) is 0 Å². The van der Waals surface area contributed by atoms with Crippen molar-refractivity contribution >= 4 is 22.2 Å². The van der Waals surface area contributed by atoms with E-state index in [1.54, 1.807) is 0 Å². The summed E-state index contributed by atoms with van der Waals surface area (Å²) in [5.41, 5.74) is 5.66. The number of aromatic hydroxyl groups is 1. The molecule has 5 rings (SSSR count). The minimum atomic E-state index is -0.213. The van der Waals surface area contributed by atoms with Gasteiger partial charge in [-0.2, -0.15) is 0 Å². The maximum Gasteiger partial charge on any atom is 0.162 e. The second kappa shape index (κ2) is 7.40. The van der Waals surface area contributed by atoms with E-state index < -0.39 is 0 Å². The van der Waals surface area contributed by atoms with E-state index >= 15 is 0 Å². The molecule has 3 aromatic rings. The minimum Gasteiger partial charge on any atom is -0.504 e. The maximum atomic E-state index is 13.6. The summed E-state index contributed by atoms with van der Waals surface area (Å²) < 4.78 is 5.75. The van der Waals surface area contributed by atoms with Crippen LogP contribution in [0.15, 0.2) is 59.8 Å². The summed E-state index contributed by atoms with van der Waals surface area (Å²) in [5, 5.41) is 16.5. The molecule has 1 atom stereocenters. The van der Waals surface area contributed by atoms with Crippen LogP contribution in [-0.2, 0) is 4.79 Å². The van der Waals surface area contributed by atoms with Gasteiger partial charge in [0.05, 0.1) is 6.61 Å². The van der Waals surface area contributed by atoms with Crippen molar-refractivity contribution in [3.05, 3.63) is 76.5 Å². The zero-order valence-electron chi connectivity index (χ0n) is 19.1. The molecule has 0 saturated heterocycles. The molecule has 3 aromatic carbocycles. The molecule has 32 heavy (non-hydrogen) atoms. The van der Waals surface area contributed by atoms with Gasteiger partial charge < -0.3 is 15.2 Å². The van der Waals surface area contributed by atoms with Gasteiger partial charge in [0.1, 0.15) is 0 Å². The van der Waals surface area contributed by atoms with Gasteiger partial charge in [0.2, 0.25) is 0 Å². The summed E-state index contributed by atoms with van der Waals surface area (Å²) in [7, 11) is 0. The third-order valence-corrected chi connectivity index (χ3v) is 6.67. The van der Waals surface area contributed by atoms with Crippen LogP contribution in [0, 0.1) is 12.3 Å². The number of anilines is 1. The quantitative estimate of drug-likeness (QED) is 0.504. The van der Waals surface area contributed by atoms with Crippen molar-refractivity contribution < 1.29 is 14.6 Å². The van der Waals surface area contributed by atoms with Crippen LogP contribution in [-0.4, -0.2) is 17.5 Å². The Labute approximate surface area is 188 Å². The Morgan fingerprint density at radius 2 is 1.91 bits per heavy atom. The highest BCUT2D eigenvalue weighted by Gasteiger charge is 2.41. The third-order valence-electron chi connectivity index (χ3n) is 6.67. The third kappa shape index (κ3) is 3.26. The fourth-order valence-electron chi connectivity index (χ4n) is 5.34. The molecule has 164 valence electrons. The van der Waals surface area contributed by atoms with E-state index in [1.165, 1.54) is 0 Å². The second-order valence-corrected chi connectivity index (χ2v) is 9.76. The normalized spacial score (nSPS) is 19.4. The monoisotopic (exact) mass is 427 g/mol. The Balaban J connectivity index is 1.82. The lowest BCUT2D eigenvalue weighted by Gasteiger charge is -2.40. The van der Waals surface area contributed by atoms with Crippen LogP contribution in [0.1, 0.15) is 56.2 Å². The molecule has 1 unspecified atom stereocenters. The van der Waals surface area contributed by atoms with Crippen LogP contribution >= 0.6 is 0 Å². The molecule has 4 heteroatoms. The highest BCUT2D eigenvalue weighted by molar-refractivity contribution is 6.04. The number of benzene rings is 3. The average Bonchev–Trinajstić information content (AvgIpc) is 2.74. The molecule has 4 nitrogen and oxygen atoms in total. The first-order valence-corrected chi connectivity index (χ1v) is 11.3. The lowest BCUT2D eigenvalue weighted by Crippen LogP contribution is -2.34. The SMILES string of the molecule is CCOc1cc(C2C3=C(CC(C)(C)CC3=O)Nc3ccc4ccccc4c32)cc(C)c1O. The number of Topliss-reactive ketones (excluding diaryl/α,β-unsaturated/α-hetero) is 1. The van der Waals surface area contributed by atoms with E-state index in [1.807, 2.05) is 38.1 Å². The molecule has 1 aliphatic carbocycles. The van der Waals surface area contributed by atoms with Gasteiger partial charge in [-0.05, 0) is 65.3 Å². The first kappa shape index (κ1) is 20.6. The Hall–Kier alpha value is -3.27. The predicted molar refractivity (Wildman–Crippen MR) is 128 cm³/mol. The first-order chi connectivity index (χ1) is 15.3. The fourth-order valence-corrected chi connectivity index (χ4v) is 5.34. The number of nitrogens with one attached hydrogen (secondary N) is 1. The zero-order valence-corrected chi connectivity index (χ0v) is 19.1. The number of phenols is 1. The number of rotatable bonds is 3. The molecule has 1 heterocycles. The molecular weight excluding hydrogens is 398 g/mol. The van der Waals surface area contributed by atoms with E-state index in [-0.39, 0.29) is 22.9 Å². The van der Waals surface area contributed by atoms with E-state index in [0.29, 0.717) is 18.8 Å². The topological polar surface area (TPSA) is 58.6 Å². The summed E-state index contributed by atoms with van der Waals surface area (Å²) in [5.74, 6) is 0.604. The van der Waals surface area contributed by atoms with Crippen LogP contribution in [0.2, 0.25) is 0 Å². The van der Waals surface area contributed by atoms with Gasteiger partial charge >= 0.3 is 0 Å². The number of carbonyl (C=O) groups excluding carboxylic acids is 1. The van der Waals surface area contributed by atoms with Crippen LogP contribution in [0.3, 0.4) is 0 Å². The first-order valence-electron chi connectivity index (χ1n) is 11.3. The Kier molecular flexibility index (Phi) is 4.77. The number of ketones is 1. The summed E-state index contributed by atoms with van der Waals surface area (Å²) >= 11 is 0. The number of hydrogen-bond acceptors (Lipinski definition) is 4. The molecule has 1 aliphatic heterocycles. The molecule has 0 spiro atoms. The predicted octanol–water partition coefficient (Wildman–Crippen LogP) is 6.45. The number of carbonyl (C=O) groups is 1. The van der Waals surface area contributed by atoms with E-state index in [4.69, 9.17) is 4.74 Å². The highest BCUT2D eigenvalue weighted by atomic mass is 16.5. The smallest absolute Gasteiger partial charge is 0.162 e. The maximum absolute atomic E-state index is 13.6. The van der Waals surface area contributed by atoms with Crippen molar-refractivity contribution in [2.75, 3.05) is 11.9 Å². The molecule has 0 fully saturated rings. The Bertz CT molecular complexity index is 1290. The summed E-state index contributed by atoms with van der Waals surface area (Å²) in [6.45, 7) is 8.55. The number of allylic oxidation sites excluding steroid dienone is 2. The van der Waals surface area contributed by atoms with Crippen LogP contribution < -0.4 is 10.1 Å². The van der Waals surface area contributed by atoms with Crippen LogP contribution in [0.4, 0.5) is 5.69 Å². The number of fused-ring (bicyclic) bond motifs is 3. The second-order valence-electron chi connectivity index (χ2n) is 9.76.